The van der Waals surface area contributed by atoms with Crippen LogP contribution in [0.4, 0.5) is 4.79 Å². The number of carbonyl (C=O) groups excluding carboxylic acids is 3. The minimum atomic E-state index is -0.823. The molecule has 0 radical (unpaired) electrons. The lowest BCUT2D eigenvalue weighted by atomic mass is 10.1. The molecule has 9 heteroatoms. The van der Waals surface area contributed by atoms with Crippen LogP contribution in [0.5, 0.6) is 0 Å². The van der Waals surface area contributed by atoms with Crippen LogP contribution >= 0.6 is 0 Å². The summed E-state index contributed by atoms with van der Waals surface area (Å²) < 4.78 is 10.8. The van der Waals surface area contributed by atoms with Gasteiger partial charge in [-0.25, -0.2) is 4.79 Å². The van der Waals surface area contributed by atoms with Gasteiger partial charge in [-0.2, -0.15) is 5.26 Å². The largest absolute Gasteiger partial charge is 0.451 e. The second-order valence-electron chi connectivity index (χ2n) is 8.55. The van der Waals surface area contributed by atoms with Gasteiger partial charge >= 0.3 is 6.09 Å². The Hall–Kier alpha value is -4.32. The number of hydrogen-bond donors (Lipinski definition) is 3. The SMILES string of the molecule is N#CCCCCCNC(=O)[C@H](CCCOC(=O)NCc1ccccc1)NC(=O)c1cc2ccccc2o1. The van der Waals surface area contributed by atoms with Gasteiger partial charge in [0.25, 0.3) is 5.91 Å². The first-order valence-electron chi connectivity index (χ1n) is 12.5. The average molecular weight is 505 g/mol. The van der Waals surface area contributed by atoms with Gasteiger partial charge in [-0.05, 0) is 43.4 Å². The van der Waals surface area contributed by atoms with Crippen LogP contribution in [0.1, 0.15) is 54.6 Å². The number of hydrogen-bond acceptors (Lipinski definition) is 6. The maximum Gasteiger partial charge on any atom is 0.407 e. The van der Waals surface area contributed by atoms with Gasteiger partial charge in [0.15, 0.2) is 5.76 Å². The summed E-state index contributed by atoms with van der Waals surface area (Å²) >= 11 is 0. The molecule has 37 heavy (non-hydrogen) atoms. The Balaban J connectivity index is 1.49. The molecule has 0 saturated heterocycles. The Bertz CT molecular complexity index is 1170. The molecule has 194 valence electrons. The maximum absolute atomic E-state index is 12.8. The number of amides is 3. The number of nitrogens with zero attached hydrogens (tertiary/aromatic N) is 1. The lowest BCUT2D eigenvalue weighted by molar-refractivity contribution is -0.123. The fourth-order valence-corrected chi connectivity index (χ4v) is 3.71. The van der Waals surface area contributed by atoms with E-state index in [0.29, 0.717) is 31.5 Å². The normalized spacial score (nSPS) is 11.3. The predicted molar refractivity (Wildman–Crippen MR) is 138 cm³/mol. The predicted octanol–water partition coefficient (Wildman–Crippen LogP) is 4.44. The summed E-state index contributed by atoms with van der Waals surface area (Å²) in [5, 5.41) is 17.7. The molecule has 1 atom stereocenters. The molecule has 0 saturated carbocycles. The molecule has 0 aliphatic rings. The topological polar surface area (TPSA) is 133 Å². The van der Waals surface area contributed by atoms with Crippen molar-refractivity contribution in [1.29, 1.82) is 5.26 Å². The van der Waals surface area contributed by atoms with E-state index in [2.05, 4.69) is 22.0 Å². The van der Waals surface area contributed by atoms with E-state index < -0.39 is 18.0 Å². The number of fused-ring (bicyclic) bond motifs is 1. The zero-order valence-corrected chi connectivity index (χ0v) is 20.7. The van der Waals surface area contributed by atoms with Gasteiger partial charge in [0.05, 0.1) is 12.7 Å². The van der Waals surface area contributed by atoms with Gasteiger partial charge in [-0.1, -0.05) is 55.0 Å². The number of nitrogens with one attached hydrogen (secondary N) is 3. The summed E-state index contributed by atoms with van der Waals surface area (Å²) in [6.45, 7) is 0.894. The molecule has 1 aromatic heterocycles. The number of benzene rings is 2. The minimum absolute atomic E-state index is 0.0963. The number of carbonyl (C=O) groups is 3. The fourth-order valence-electron chi connectivity index (χ4n) is 3.71. The van der Waals surface area contributed by atoms with Crippen molar-refractivity contribution in [3.05, 3.63) is 72.0 Å². The summed E-state index contributed by atoms with van der Waals surface area (Å²) in [5.41, 5.74) is 1.54. The van der Waals surface area contributed by atoms with Crippen LogP contribution in [-0.2, 0) is 16.1 Å². The number of rotatable bonds is 14. The van der Waals surface area contributed by atoms with Crippen LogP contribution in [0, 0.1) is 11.3 Å². The molecule has 0 unspecified atom stereocenters. The third-order valence-corrected chi connectivity index (χ3v) is 5.69. The summed E-state index contributed by atoms with van der Waals surface area (Å²) in [4.78, 5) is 37.6. The summed E-state index contributed by atoms with van der Waals surface area (Å²) in [7, 11) is 0. The average Bonchev–Trinajstić information content (AvgIpc) is 3.36. The van der Waals surface area contributed by atoms with Crippen molar-refractivity contribution in [2.24, 2.45) is 0 Å². The van der Waals surface area contributed by atoms with Gasteiger partial charge in [-0.15, -0.1) is 0 Å². The summed E-state index contributed by atoms with van der Waals surface area (Å²) in [5.74, 6) is -0.697. The third-order valence-electron chi connectivity index (χ3n) is 5.69. The standard InChI is InChI=1S/C28H32N4O5/c29-16-8-1-2-9-17-30-26(33)23(32-27(34)25-19-22-13-6-7-15-24(22)37-25)14-10-18-36-28(35)31-20-21-11-4-3-5-12-21/h3-7,11-13,15,19,23H,1-2,8-10,14,17-18,20H2,(H,30,33)(H,31,35)(H,32,34)/t23-/m0/s1. The lowest BCUT2D eigenvalue weighted by Gasteiger charge is -2.18. The number of unbranched alkanes of at least 4 members (excludes halogenated alkanes) is 3. The summed E-state index contributed by atoms with van der Waals surface area (Å²) in [6.07, 6.45) is 2.94. The van der Waals surface area contributed by atoms with Crippen LogP contribution in [0.15, 0.2) is 65.1 Å². The molecule has 0 fully saturated rings. The molecular formula is C28H32N4O5. The molecule has 0 bridgehead atoms. The minimum Gasteiger partial charge on any atom is -0.451 e. The van der Waals surface area contributed by atoms with Crippen molar-refractivity contribution in [2.45, 2.75) is 51.1 Å². The first-order chi connectivity index (χ1) is 18.1. The molecule has 3 aromatic rings. The van der Waals surface area contributed by atoms with Crippen molar-refractivity contribution in [3.8, 4) is 6.07 Å². The maximum atomic E-state index is 12.8. The Labute approximate surface area is 216 Å². The van der Waals surface area contributed by atoms with Crippen LogP contribution in [-0.4, -0.2) is 37.1 Å². The lowest BCUT2D eigenvalue weighted by Crippen LogP contribution is -2.47. The highest BCUT2D eigenvalue weighted by atomic mass is 16.5. The Morgan fingerprint density at radius 2 is 1.73 bits per heavy atom. The molecule has 3 amide bonds. The number of furan rings is 1. The smallest absolute Gasteiger partial charge is 0.407 e. The van der Waals surface area contributed by atoms with Crippen molar-refractivity contribution in [3.63, 3.8) is 0 Å². The molecular weight excluding hydrogens is 472 g/mol. The van der Waals surface area contributed by atoms with Crippen LogP contribution in [0.3, 0.4) is 0 Å². The molecule has 0 aliphatic heterocycles. The fraction of sp³-hybridized carbons (Fsp3) is 0.357. The molecule has 2 aromatic carbocycles. The van der Waals surface area contributed by atoms with E-state index in [4.69, 9.17) is 14.4 Å². The van der Waals surface area contributed by atoms with E-state index in [1.54, 1.807) is 12.1 Å². The van der Waals surface area contributed by atoms with Crippen molar-refractivity contribution >= 4 is 28.9 Å². The van der Waals surface area contributed by atoms with E-state index in [-0.39, 0.29) is 24.7 Å². The highest BCUT2D eigenvalue weighted by molar-refractivity contribution is 5.98. The molecule has 0 spiro atoms. The zero-order valence-electron chi connectivity index (χ0n) is 20.7. The first kappa shape index (κ1) is 27.3. The molecule has 9 nitrogen and oxygen atoms in total. The highest BCUT2D eigenvalue weighted by Gasteiger charge is 2.23. The Morgan fingerprint density at radius 3 is 2.51 bits per heavy atom. The van der Waals surface area contributed by atoms with E-state index in [1.165, 1.54) is 0 Å². The third kappa shape index (κ3) is 9.33. The molecule has 0 aliphatic carbocycles. The van der Waals surface area contributed by atoms with Gasteiger partial charge in [0.2, 0.25) is 5.91 Å². The van der Waals surface area contributed by atoms with Crippen LogP contribution in [0.2, 0.25) is 0 Å². The Kier molecular flexibility index (Phi) is 11.0. The molecule has 1 heterocycles. The number of nitriles is 1. The molecule has 3 rings (SSSR count). The quantitative estimate of drug-likeness (QED) is 0.278. The zero-order chi connectivity index (χ0) is 26.3. The van der Waals surface area contributed by atoms with Gasteiger partial charge < -0.3 is 25.1 Å². The second-order valence-corrected chi connectivity index (χ2v) is 8.55. The van der Waals surface area contributed by atoms with Gasteiger partial charge in [0.1, 0.15) is 11.6 Å². The highest BCUT2D eigenvalue weighted by Crippen LogP contribution is 2.19. The van der Waals surface area contributed by atoms with Gasteiger partial charge in [-0.3, -0.25) is 9.59 Å². The number of ether oxygens (including phenoxy) is 1. The molecule has 3 N–H and O–H groups in total. The van der Waals surface area contributed by atoms with E-state index in [0.717, 1.165) is 30.2 Å². The van der Waals surface area contributed by atoms with Crippen LogP contribution in [0.25, 0.3) is 11.0 Å². The van der Waals surface area contributed by atoms with Crippen molar-refractivity contribution in [2.75, 3.05) is 13.2 Å². The van der Waals surface area contributed by atoms with E-state index in [9.17, 15) is 14.4 Å². The monoisotopic (exact) mass is 504 g/mol. The van der Waals surface area contributed by atoms with Crippen LogP contribution < -0.4 is 16.0 Å². The number of para-hydroxylation sites is 1. The van der Waals surface area contributed by atoms with E-state index >= 15 is 0 Å². The van der Waals surface area contributed by atoms with E-state index in [1.807, 2.05) is 48.5 Å². The van der Waals surface area contributed by atoms with Gasteiger partial charge in [0, 0.05) is 24.9 Å². The summed E-state index contributed by atoms with van der Waals surface area (Å²) in [6, 6.07) is 19.7. The van der Waals surface area contributed by atoms with Crippen molar-refractivity contribution in [1.82, 2.24) is 16.0 Å². The van der Waals surface area contributed by atoms with Crippen molar-refractivity contribution < 1.29 is 23.5 Å². The first-order valence-corrected chi connectivity index (χ1v) is 12.5. The number of alkyl carbamates (subject to hydrolysis) is 1. The second kappa shape index (κ2) is 14.9. The Morgan fingerprint density at radius 1 is 0.946 bits per heavy atom.